The lowest BCUT2D eigenvalue weighted by Crippen LogP contribution is -2.20. The number of hydrazone groups is 1. The lowest BCUT2D eigenvalue weighted by molar-refractivity contribution is 0.587. The first-order valence-electron chi connectivity index (χ1n) is 4.59. The van der Waals surface area contributed by atoms with E-state index in [1.807, 2.05) is 0 Å². The molecule has 0 spiro atoms. The summed E-state index contributed by atoms with van der Waals surface area (Å²) >= 11 is 0. The quantitative estimate of drug-likeness (QED) is 0.670. The average molecular weight is 202 g/mol. The van der Waals surface area contributed by atoms with Gasteiger partial charge in [0.05, 0.1) is 6.26 Å². The normalized spacial score (nSPS) is 35.6. The molecule has 0 radical (unpaired) electrons. The van der Waals surface area contributed by atoms with Crippen molar-refractivity contribution in [3.63, 3.8) is 0 Å². The second kappa shape index (κ2) is 2.97. The molecule has 0 aliphatic heterocycles. The molecule has 0 saturated heterocycles. The molecule has 0 amide bonds. The van der Waals surface area contributed by atoms with Gasteiger partial charge in [0.2, 0.25) is 10.0 Å². The third kappa shape index (κ3) is 2.21. The molecule has 0 bridgehead atoms. The number of hydrogen-bond acceptors (Lipinski definition) is 3. The van der Waals surface area contributed by atoms with Crippen LogP contribution in [0.4, 0.5) is 0 Å². The lowest BCUT2D eigenvalue weighted by atomic mass is 9.99. The Morgan fingerprint density at radius 2 is 2.31 bits per heavy atom. The van der Waals surface area contributed by atoms with Crippen LogP contribution in [0.1, 0.15) is 25.7 Å². The van der Waals surface area contributed by atoms with Crippen LogP contribution in [0.15, 0.2) is 5.10 Å². The standard InChI is InChI=1S/C8H14N2O2S/c1-13(11,12)10-9-8-4-2-3-6-5-7(6)8/h6-7,10H,2-5H2,1H3/b9-8-/t6-,7+/m0/s1. The van der Waals surface area contributed by atoms with Crippen molar-refractivity contribution in [3.8, 4) is 0 Å². The van der Waals surface area contributed by atoms with Crippen LogP contribution in [0, 0.1) is 11.8 Å². The molecular weight excluding hydrogens is 188 g/mol. The van der Waals surface area contributed by atoms with E-state index in [1.54, 1.807) is 0 Å². The van der Waals surface area contributed by atoms with E-state index in [2.05, 4.69) is 9.93 Å². The molecule has 74 valence electrons. The van der Waals surface area contributed by atoms with Crippen LogP contribution in [-0.2, 0) is 10.0 Å². The van der Waals surface area contributed by atoms with Gasteiger partial charge in [0.25, 0.3) is 0 Å². The van der Waals surface area contributed by atoms with Crippen LogP contribution in [0.5, 0.6) is 0 Å². The molecule has 2 aliphatic carbocycles. The Hall–Kier alpha value is -0.580. The SMILES string of the molecule is CS(=O)(=O)N/N=C1/CCC[C@H]2C[C@@H]12. The number of nitrogens with zero attached hydrogens (tertiary/aromatic N) is 1. The number of nitrogens with one attached hydrogen (secondary N) is 1. The van der Waals surface area contributed by atoms with Crippen LogP contribution in [0.2, 0.25) is 0 Å². The smallest absolute Gasteiger partial charge is 0.206 e. The zero-order chi connectivity index (χ0) is 9.47. The van der Waals surface area contributed by atoms with E-state index < -0.39 is 10.0 Å². The molecule has 5 heteroatoms. The van der Waals surface area contributed by atoms with Crippen LogP contribution < -0.4 is 4.83 Å². The Balaban J connectivity index is 2.00. The van der Waals surface area contributed by atoms with Crippen molar-refractivity contribution in [2.45, 2.75) is 25.7 Å². The highest BCUT2D eigenvalue weighted by Crippen LogP contribution is 2.47. The fraction of sp³-hybridized carbons (Fsp3) is 0.875. The third-order valence-corrected chi connectivity index (χ3v) is 3.14. The number of sulfonamides is 1. The molecule has 2 fully saturated rings. The maximum atomic E-state index is 10.8. The topological polar surface area (TPSA) is 58.5 Å². The van der Waals surface area contributed by atoms with Crippen LogP contribution in [0.25, 0.3) is 0 Å². The Morgan fingerprint density at radius 1 is 1.54 bits per heavy atom. The van der Waals surface area contributed by atoms with Crippen molar-refractivity contribution >= 4 is 15.7 Å². The van der Waals surface area contributed by atoms with Crippen LogP contribution >= 0.6 is 0 Å². The molecule has 4 nitrogen and oxygen atoms in total. The largest absolute Gasteiger partial charge is 0.244 e. The Kier molecular flexibility index (Phi) is 2.06. The molecule has 2 atom stereocenters. The van der Waals surface area contributed by atoms with E-state index >= 15 is 0 Å². The minimum Gasteiger partial charge on any atom is -0.206 e. The van der Waals surface area contributed by atoms with E-state index in [0.29, 0.717) is 5.92 Å². The molecule has 2 saturated carbocycles. The maximum absolute atomic E-state index is 10.8. The second-order valence-corrected chi connectivity index (χ2v) is 5.69. The summed E-state index contributed by atoms with van der Waals surface area (Å²) in [6.07, 6.45) is 5.76. The minimum atomic E-state index is -3.17. The molecule has 2 rings (SSSR count). The van der Waals surface area contributed by atoms with Gasteiger partial charge < -0.3 is 0 Å². The van der Waals surface area contributed by atoms with Gasteiger partial charge in [-0.2, -0.15) is 5.10 Å². The maximum Gasteiger partial charge on any atom is 0.244 e. The monoisotopic (exact) mass is 202 g/mol. The fourth-order valence-corrected chi connectivity index (χ4v) is 2.27. The highest BCUT2D eigenvalue weighted by Gasteiger charge is 2.43. The summed E-state index contributed by atoms with van der Waals surface area (Å²) < 4.78 is 21.6. The zero-order valence-corrected chi connectivity index (χ0v) is 8.47. The van der Waals surface area contributed by atoms with Crippen molar-refractivity contribution in [2.24, 2.45) is 16.9 Å². The fourth-order valence-electron chi connectivity index (χ4n) is 1.99. The van der Waals surface area contributed by atoms with E-state index in [0.717, 1.165) is 30.7 Å². The number of fused-ring (bicyclic) bond motifs is 1. The zero-order valence-electron chi connectivity index (χ0n) is 7.66. The van der Waals surface area contributed by atoms with Gasteiger partial charge in [0.1, 0.15) is 0 Å². The van der Waals surface area contributed by atoms with Gasteiger partial charge in [-0.3, -0.25) is 0 Å². The summed E-state index contributed by atoms with van der Waals surface area (Å²) in [6.45, 7) is 0. The summed E-state index contributed by atoms with van der Waals surface area (Å²) in [6, 6.07) is 0. The molecular formula is C8H14N2O2S. The van der Waals surface area contributed by atoms with Crippen LogP contribution in [-0.4, -0.2) is 20.4 Å². The Morgan fingerprint density at radius 3 is 3.00 bits per heavy atom. The van der Waals surface area contributed by atoms with Crippen molar-refractivity contribution < 1.29 is 8.42 Å². The number of hydrogen-bond donors (Lipinski definition) is 1. The summed E-state index contributed by atoms with van der Waals surface area (Å²) in [5.41, 5.74) is 1.06. The van der Waals surface area contributed by atoms with Gasteiger partial charge in [-0.1, -0.05) is 0 Å². The predicted molar refractivity (Wildman–Crippen MR) is 50.9 cm³/mol. The van der Waals surface area contributed by atoms with Gasteiger partial charge in [0.15, 0.2) is 0 Å². The van der Waals surface area contributed by atoms with Crippen LogP contribution in [0.3, 0.4) is 0 Å². The molecule has 0 aromatic carbocycles. The van der Waals surface area contributed by atoms with E-state index in [1.165, 1.54) is 12.8 Å². The van der Waals surface area contributed by atoms with Gasteiger partial charge in [0, 0.05) is 11.6 Å². The highest BCUT2D eigenvalue weighted by atomic mass is 32.2. The van der Waals surface area contributed by atoms with E-state index in [4.69, 9.17) is 0 Å². The Labute approximate surface area is 78.5 Å². The van der Waals surface area contributed by atoms with Crippen molar-refractivity contribution in [2.75, 3.05) is 6.26 Å². The van der Waals surface area contributed by atoms with Crippen molar-refractivity contribution in [1.82, 2.24) is 4.83 Å². The van der Waals surface area contributed by atoms with Gasteiger partial charge in [-0.05, 0) is 31.6 Å². The molecule has 0 aromatic heterocycles. The molecule has 0 unspecified atom stereocenters. The van der Waals surface area contributed by atoms with Gasteiger partial charge in [-0.15, -0.1) is 0 Å². The third-order valence-electron chi connectivity index (χ3n) is 2.71. The molecule has 2 aliphatic rings. The van der Waals surface area contributed by atoms with Gasteiger partial charge in [-0.25, -0.2) is 13.2 Å². The summed E-state index contributed by atoms with van der Waals surface area (Å²) in [4.78, 5) is 2.21. The first-order chi connectivity index (χ1) is 6.06. The molecule has 0 aromatic rings. The second-order valence-electron chi connectivity index (χ2n) is 3.96. The average Bonchev–Trinajstić information content (AvgIpc) is 2.77. The van der Waals surface area contributed by atoms with Crippen molar-refractivity contribution in [3.05, 3.63) is 0 Å². The van der Waals surface area contributed by atoms with Crippen molar-refractivity contribution in [1.29, 1.82) is 0 Å². The highest BCUT2D eigenvalue weighted by molar-refractivity contribution is 7.88. The Bertz CT molecular complexity index is 334. The number of rotatable bonds is 2. The van der Waals surface area contributed by atoms with E-state index in [9.17, 15) is 8.42 Å². The van der Waals surface area contributed by atoms with Gasteiger partial charge >= 0.3 is 0 Å². The first kappa shape index (κ1) is 8.99. The molecule has 13 heavy (non-hydrogen) atoms. The summed E-state index contributed by atoms with van der Waals surface area (Å²) in [5, 5.41) is 3.96. The first-order valence-corrected chi connectivity index (χ1v) is 6.48. The summed E-state index contributed by atoms with van der Waals surface area (Å²) in [5.74, 6) is 1.39. The molecule has 0 heterocycles. The molecule has 1 N–H and O–H groups in total. The van der Waals surface area contributed by atoms with E-state index in [-0.39, 0.29) is 0 Å². The predicted octanol–water partition coefficient (Wildman–Crippen LogP) is 0.712. The minimum absolute atomic E-state index is 0.586. The summed E-state index contributed by atoms with van der Waals surface area (Å²) in [7, 11) is -3.17. The lowest BCUT2D eigenvalue weighted by Gasteiger charge is -2.11.